The number of benzene rings is 2. The van der Waals surface area contributed by atoms with E-state index < -0.39 is 10.9 Å². The SMILES string of the molecule is COc1cccc(OC)c1C(=O)Oc1ccc2sc(=O)oc2c1. The predicted molar refractivity (Wildman–Crippen MR) is 84.9 cm³/mol. The summed E-state index contributed by atoms with van der Waals surface area (Å²) in [5, 5.41) is 0. The van der Waals surface area contributed by atoms with E-state index in [2.05, 4.69) is 0 Å². The van der Waals surface area contributed by atoms with Crippen LogP contribution in [0.4, 0.5) is 0 Å². The lowest BCUT2D eigenvalue weighted by Gasteiger charge is -2.12. The van der Waals surface area contributed by atoms with Crippen LogP contribution >= 0.6 is 11.3 Å². The smallest absolute Gasteiger partial charge is 0.396 e. The van der Waals surface area contributed by atoms with Gasteiger partial charge in [-0.3, -0.25) is 0 Å². The molecule has 3 rings (SSSR count). The number of ether oxygens (including phenoxy) is 3. The van der Waals surface area contributed by atoms with Crippen LogP contribution in [0.1, 0.15) is 10.4 Å². The molecule has 0 saturated carbocycles. The molecule has 0 fully saturated rings. The third kappa shape index (κ3) is 2.91. The number of fused-ring (bicyclic) bond motifs is 1. The third-order valence-electron chi connectivity index (χ3n) is 3.14. The van der Waals surface area contributed by atoms with Gasteiger partial charge in [-0.15, -0.1) is 0 Å². The van der Waals surface area contributed by atoms with Crippen molar-refractivity contribution in [3.63, 3.8) is 0 Å². The molecule has 0 aliphatic rings. The van der Waals surface area contributed by atoms with Gasteiger partial charge in [0.15, 0.2) is 5.58 Å². The van der Waals surface area contributed by atoms with Gasteiger partial charge >= 0.3 is 10.9 Å². The van der Waals surface area contributed by atoms with E-state index in [1.165, 1.54) is 20.3 Å². The Hall–Kier alpha value is -2.80. The van der Waals surface area contributed by atoms with E-state index in [0.29, 0.717) is 21.8 Å². The highest BCUT2D eigenvalue weighted by molar-refractivity contribution is 7.16. The molecule has 1 aromatic heterocycles. The van der Waals surface area contributed by atoms with Gasteiger partial charge in [0.1, 0.15) is 22.8 Å². The van der Waals surface area contributed by atoms with Crippen LogP contribution in [0.3, 0.4) is 0 Å². The molecular formula is C16H12O6S. The number of methoxy groups -OCH3 is 2. The molecule has 0 N–H and O–H groups in total. The summed E-state index contributed by atoms with van der Waals surface area (Å²) in [6.07, 6.45) is 0. The lowest BCUT2D eigenvalue weighted by Crippen LogP contribution is -2.11. The monoisotopic (exact) mass is 332 g/mol. The number of hydrogen-bond donors (Lipinski definition) is 0. The van der Waals surface area contributed by atoms with Crippen molar-refractivity contribution in [3.8, 4) is 17.2 Å². The summed E-state index contributed by atoms with van der Waals surface area (Å²) in [7, 11) is 2.91. The Morgan fingerprint density at radius 2 is 1.78 bits per heavy atom. The summed E-state index contributed by atoms with van der Waals surface area (Å²) in [6, 6.07) is 9.73. The first kappa shape index (κ1) is 15.1. The highest BCUT2D eigenvalue weighted by Crippen LogP contribution is 2.30. The number of hydrogen-bond acceptors (Lipinski definition) is 7. The van der Waals surface area contributed by atoms with E-state index in [0.717, 1.165) is 11.3 Å². The Kier molecular flexibility index (Phi) is 4.03. The Labute approximate surface area is 134 Å². The first-order valence-corrected chi connectivity index (χ1v) is 7.41. The molecule has 23 heavy (non-hydrogen) atoms. The second kappa shape index (κ2) is 6.13. The molecule has 0 atom stereocenters. The van der Waals surface area contributed by atoms with Crippen molar-refractivity contribution in [2.24, 2.45) is 0 Å². The summed E-state index contributed by atoms with van der Waals surface area (Å²) in [5.74, 6) is 0.322. The normalized spacial score (nSPS) is 10.5. The van der Waals surface area contributed by atoms with Crippen LogP contribution in [0.25, 0.3) is 10.3 Å². The molecule has 1 heterocycles. The lowest BCUT2D eigenvalue weighted by atomic mass is 10.2. The molecule has 0 saturated heterocycles. The zero-order valence-electron chi connectivity index (χ0n) is 12.3. The molecule has 3 aromatic rings. The highest BCUT2D eigenvalue weighted by Gasteiger charge is 2.20. The summed E-state index contributed by atoms with van der Waals surface area (Å²) in [5.41, 5.74) is 0.557. The number of carbonyl (C=O) groups excluding carboxylic acids is 1. The number of carbonyl (C=O) groups is 1. The van der Waals surface area contributed by atoms with Crippen LogP contribution in [0, 0.1) is 0 Å². The van der Waals surface area contributed by atoms with Crippen molar-refractivity contribution >= 4 is 27.6 Å². The Morgan fingerprint density at radius 1 is 1.09 bits per heavy atom. The maximum absolute atomic E-state index is 12.4. The van der Waals surface area contributed by atoms with Crippen molar-refractivity contribution in [2.45, 2.75) is 0 Å². The molecule has 0 unspecified atom stereocenters. The Bertz CT molecular complexity index is 901. The first-order valence-electron chi connectivity index (χ1n) is 6.59. The van der Waals surface area contributed by atoms with E-state index in [4.69, 9.17) is 18.6 Å². The second-order valence-electron chi connectivity index (χ2n) is 4.49. The van der Waals surface area contributed by atoms with Gasteiger partial charge in [0.25, 0.3) is 0 Å². The van der Waals surface area contributed by atoms with Crippen molar-refractivity contribution in [1.29, 1.82) is 0 Å². The van der Waals surface area contributed by atoms with Crippen LogP contribution < -0.4 is 19.1 Å². The van der Waals surface area contributed by atoms with Crippen molar-refractivity contribution in [2.75, 3.05) is 14.2 Å². The van der Waals surface area contributed by atoms with E-state index in [-0.39, 0.29) is 11.3 Å². The average Bonchev–Trinajstić information content (AvgIpc) is 2.93. The average molecular weight is 332 g/mol. The third-order valence-corrected chi connectivity index (χ3v) is 3.95. The molecule has 7 heteroatoms. The molecule has 0 spiro atoms. The van der Waals surface area contributed by atoms with Gasteiger partial charge in [-0.05, 0) is 24.3 Å². The first-order chi connectivity index (χ1) is 11.1. The van der Waals surface area contributed by atoms with Crippen molar-refractivity contribution in [1.82, 2.24) is 0 Å². The van der Waals surface area contributed by atoms with E-state index in [1.54, 1.807) is 30.3 Å². The van der Waals surface area contributed by atoms with Crippen LogP contribution in [-0.4, -0.2) is 20.2 Å². The van der Waals surface area contributed by atoms with Crippen LogP contribution in [0.2, 0.25) is 0 Å². The number of rotatable bonds is 4. The Balaban J connectivity index is 1.95. The lowest BCUT2D eigenvalue weighted by molar-refractivity contribution is 0.0728. The molecular weight excluding hydrogens is 320 g/mol. The summed E-state index contributed by atoms with van der Waals surface area (Å²) in [4.78, 5) is 23.3. The summed E-state index contributed by atoms with van der Waals surface area (Å²) in [6.45, 7) is 0. The van der Waals surface area contributed by atoms with Crippen LogP contribution in [0.5, 0.6) is 17.2 Å². The predicted octanol–water partition coefficient (Wildman–Crippen LogP) is 3.09. The highest BCUT2D eigenvalue weighted by atomic mass is 32.1. The molecule has 0 aliphatic carbocycles. The van der Waals surface area contributed by atoms with E-state index >= 15 is 0 Å². The fourth-order valence-corrected chi connectivity index (χ4v) is 2.78. The largest absolute Gasteiger partial charge is 0.496 e. The van der Waals surface area contributed by atoms with Crippen LogP contribution in [-0.2, 0) is 0 Å². The maximum atomic E-state index is 12.4. The van der Waals surface area contributed by atoms with Gasteiger partial charge in [0.05, 0.1) is 18.9 Å². The van der Waals surface area contributed by atoms with E-state index in [1.807, 2.05) is 0 Å². The molecule has 0 radical (unpaired) electrons. The standard InChI is InChI=1S/C16H12O6S/c1-19-10-4-3-5-11(20-2)14(10)15(17)21-9-6-7-13-12(8-9)22-16(18)23-13/h3-8H,1-2H3. The molecule has 0 bridgehead atoms. The topological polar surface area (TPSA) is 75.0 Å². The molecule has 0 amide bonds. The van der Waals surface area contributed by atoms with Crippen molar-refractivity contribution in [3.05, 3.63) is 51.7 Å². The molecule has 2 aromatic carbocycles. The summed E-state index contributed by atoms with van der Waals surface area (Å²) < 4.78 is 21.4. The fourth-order valence-electron chi connectivity index (χ4n) is 2.13. The zero-order valence-corrected chi connectivity index (χ0v) is 13.1. The second-order valence-corrected chi connectivity index (χ2v) is 5.47. The minimum Gasteiger partial charge on any atom is -0.496 e. The van der Waals surface area contributed by atoms with Crippen LogP contribution in [0.15, 0.2) is 45.6 Å². The fraction of sp³-hybridized carbons (Fsp3) is 0.125. The molecule has 6 nitrogen and oxygen atoms in total. The van der Waals surface area contributed by atoms with Gasteiger partial charge < -0.3 is 18.6 Å². The van der Waals surface area contributed by atoms with Gasteiger partial charge in [-0.25, -0.2) is 9.59 Å². The molecule has 0 aliphatic heterocycles. The van der Waals surface area contributed by atoms with E-state index in [9.17, 15) is 9.59 Å². The minimum absolute atomic E-state index is 0.185. The van der Waals surface area contributed by atoms with Gasteiger partial charge in [0.2, 0.25) is 0 Å². The summed E-state index contributed by atoms with van der Waals surface area (Å²) >= 11 is 0.986. The van der Waals surface area contributed by atoms with Gasteiger partial charge in [-0.1, -0.05) is 17.4 Å². The molecule has 118 valence electrons. The van der Waals surface area contributed by atoms with Gasteiger partial charge in [0, 0.05) is 6.07 Å². The Morgan fingerprint density at radius 3 is 2.43 bits per heavy atom. The number of esters is 1. The van der Waals surface area contributed by atoms with Crippen molar-refractivity contribution < 1.29 is 23.4 Å². The quantitative estimate of drug-likeness (QED) is 0.540. The van der Waals surface area contributed by atoms with Gasteiger partial charge in [-0.2, -0.15) is 0 Å². The zero-order chi connectivity index (χ0) is 16.4. The minimum atomic E-state index is -0.628. The maximum Gasteiger partial charge on any atom is 0.396 e.